The molecule has 5 rings (SSSR count). The second-order valence-electron chi connectivity index (χ2n) is 9.76. The van der Waals surface area contributed by atoms with Gasteiger partial charge in [-0.1, -0.05) is 90.6 Å². The number of hydrogen-bond acceptors (Lipinski definition) is 5. The number of amides is 1. The van der Waals surface area contributed by atoms with E-state index in [-0.39, 0.29) is 11.4 Å². The minimum atomic E-state index is -0.134. The van der Waals surface area contributed by atoms with E-state index in [1.54, 1.807) is 11.8 Å². The molecule has 4 aromatic rings. The molecule has 39 heavy (non-hydrogen) atoms. The highest BCUT2D eigenvalue weighted by Crippen LogP contribution is 2.32. The van der Waals surface area contributed by atoms with Gasteiger partial charge in [-0.3, -0.25) is 14.5 Å². The number of carbonyl (C=O) groups is 2. The van der Waals surface area contributed by atoms with Gasteiger partial charge in [0.25, 0.3) is 5.91 Å². The summed E-state index contributed by atoms with van der Waals surface area (Å²) < 4.78 is 0. The van der Waals surface area contributed by atoms with Crippen molar-refractivity contribution in [2.75, 3.05) is 5.32 Å². The van der Waals surface area contributed by atoms with Gasteiger partial charge in [0.2, 0.25) is 0 Å². The van der Waals surface area contributed by atoms with Crippen LogP contribution in [0.5, 0.6) is 0 Å². The minimum Gasteiger partial charge on any atom is -0.360 e. The van der Waals surface area contributed by atoms with Crippen LogP contribution < -0.4 is 10.6 Å². The monoisotopic (exact) mass is 533 g/mol. The van der Waals surface area contributed by atoms with Gasteiger partial charge < -0.3 is 10.6 Å². The molecule has 0 saturated carbocycles. The molecule has 1 aliphatic heterocycles. The van der Waals surface area contributed by atoms with Crippen molar-refractivity contribution in [3.05, 3.63) is 131 Å². The van der Waals surface area contributed by atoms with Crippen LogP contribution in [0.15, 0.2) is 109 Å². The highest BCUT2D eigenvalue weighted by Gasteiger charge is 2.26. The summed E-state index contributed by atoms with van der Waals surface area (Å²) in [6.45, 7) is 5.15. The van der Waals surface area contributed by atoms with Gasteiger partial charge >= 0.3 is 0 Å². The fourth-order valence-electron chi connectivity index (χ4n) is 4.48. The number of nitrogens with zero attached hydrogens (tertiary/aromatic N) is 1. The van der Waals surface area contributed by atoms with Gasteiger partial charge in [0.05, 0.1) is 0 Å². The van der Waals surface area contributed by atoms with Crippen LogP contribution in [0.2, 0.25) is 0 Å². The third-order valence-corrected chi connectivity index (χ3v) is 7.77. The number of aldehydes is 1. The lowest BCUT2D eigenvalue weighted by atomic mass is 10.0. The summed E-state index contributed by atoms with van der Waals surface area (Å²) >= 11 is 1.75. The van der Waals surface area contributed by atoms with E-state index in [9.17, 15) is 9.59 Å². The molecule has 0 aromatic heterocycles. The third kappa shape index (κ3) is 6.48. The van der Waals surface area contributed by atoms with Crippen LogP contribution in [0.25, 0.3) is 16.8 Å². The van der Waals surface area contributed by atoms with E-state index in [0.717, 1.165) is 40.9 Å². The molecule has 0 bridgehead atoms. The maximum absolute atomic E-state index is 12.8. The number of anilines is 1. The van der Waals surface area contributed by atoms with E-state index < -0.39 is 0 Å². The normalized spacial score (nSPS) is 14.7. The highest BCUT2D eigenvalue weighted by molar-refractivity contribution is 8.03. The second kappa shape index (κ2) is 12.2. The Morgan fingerprint density at radius 2 is 1.51 bits per heavy atom. The van der Waals surface area contributed by atoms with Crippen LogP contribution in [0.4, 0.5) is 5.69 Å². The lowest BCUT2D eigenvalue weighted by Crippen LogP contribution is -2.43. The molecule has 0 aliphatic carbocycles. The Balaban J connectivity index is 1.19. The molecule has 1 heterocycles. The number of nitrogens with one attached hydrogen (secondary N) is 2. The van der Waals surface area contributed by atoms with Crippen LogP contribution in [0.3, 0.4) is 0 Å². The number of thioether (sulfide) groups is 1. The van der Waals surface area contributed by atoms with Crippen LogP contribution in [0.1, 0.15) is 45.7 Å². The lowest BCUT2D eigenvalue weighted by molar-refractivity contribution is 0.102. The Morgan fingerprint density at radius 3 is 2.15 bits per heavy atom. The molecule has 0 radical (unpaired) electrons. The zero-order chi connectivity index (χ0) is 27.2. The molecule has 2 N–H and O–H groups in total. The molecule has 0 spiro atoms. The van der Waals surface area contributed by atoms with Gasteiger partial charge in [-0.05, 0) is 65.8 Å². The van der Waals surface area contributed by atoms with Crippen molar-refractivity contribution < 1.29 is 9.59 Å². The Hall–Kier alpha value is -4.13. The van der Waals surface area contributed by atoms with E-state index in [1.165, 1.54) is 5.56 Å². The molecular formula is C33H31N3O2S. The SMILES string of the molecule is CC(C)N(Cc1ccc(C=O)cc1)C1NC(c2ccc(NC(=O)c3ccc(-c4ccccc4)cc3)cc2)=CS1. The Bertz CT molecular complexity index is 1450. The largest absolute Gasteiger partial charge is 0.360 e. The Morgan fingerprint density at radius 1 is 0.872 bits per heavy atom. The predicted molar refractivity (Wildman–Crippen MR) is 161 cm³/mol. The molecular weight excluding hydrogens is 502 g/mol. The first-order chi connectivity index (χ1) is 19.0. The molecule has 1 aliphatic rings. The van der Waals surface area contributed by atoms with Crippen molar-refractivity contribution >= 4 is 35.3 Å². The van der Waals surface area contributed by atoms with Crippen LogP contribution in [-0.4, -0.2) is 28.6 Å². The van der Waals surface area contributed by atoms with E-state index >= 15 is 0 Å². The van der Waals surface area contributed by atoms with Crippen LogP contribution in [-0.2, 0) is 6.54 Å². The summed E-state index contributed by atoms with van der Waals surface area (Å²) in [4.78, 5) is 26.2. The topological polar surface area (TPSA) is 61.4 Å². The number of carbonyl (C=O) groups excluding carboxylic acids is 2. The molecule has 0 fully saturated rings. The van der Waals surface area contributed by atoms with Gasteiger partial charge in [-0.25, -0.2) is 0 Å². The Labute approximate surface area is 233 Å². The lowest BCUT2D eigenvalue weighted by Gasteiger charge is -2.32. The van der Waals surface area contributed by atoms with E-state index in [2.05, 4.69) is 46.9 Å². The van der Waals surface area contributed by atoms with E-state index in [1.807, 2.05) is 91.0 Å². The minimum absolute atomic E-state index is 0.101. The van der Waals surface area contributed by atoms with Crippen molar-refractivity contribution in [2.45, 2.75) is 31.9 Å². The molecule has 1 unspecified atom stereocenters. The molecule has 1 amide bonds. The summed E-state index contributed by atoms with van der Waals surface area (Å²) in [5, 5.41) is 8.79. The Kier molecular flexibility index (Phi) is 8.25. The van der Waals surface area contributed by atoms with Gasteiger partial charge in [0, 0.05) is 35.1 Å². The first-order valence-electron chi connectivity index (χ1n) is 13.0. The second-order valence-corrected chi connectivity index (χ2v) is 10.7. The maximum atomic E-state index is 12.8. The molecule has 6 heteroatoms. The van der Waals surface area contributed by atoms with Crippen LogP contribution in [0, 0.1) is 0 Å². The molecule has 4 aromatic carbocycles. The quantitative estimate of drug-likeness (QED) is 0.222. The average molecular weight is 534 g/mol. The van der Waals surface area contributed by atoms with Gasteiger partial charge in [-0.2, -0.15) is 0 Å². The molecule has 1 atom stereocenters. The van der Waals surface area contributed by atoms with Crippen molar-refractivity contribution in [3.63, 3.8) is 0 Å². The summed E-state index contributed by atoms with van der Waals surface area (Å²) in [7, 11) is 0. The summed E-state index contributed by atoms with van der Waals surface area (Å²) in [5.41, 5.74) is 7.65. The zero-order valence-corrected chi connectivity index (χ0v) is 22.8. The molecule has 5 nitrogen and oxygen atoms in total. The first kappa shape index (κ1) is 26.5. The number of benzene rings is 4. The van der Waals surface area contributed by atoms with Crippen molar-refractivity contribution in [2.24, 2.45) is 0 Å². The van der Waals surface area contributed by atoms with Gasteiger partial charge in [0.1, 0.15) is 11.8 Å². The highest BCUT2D eigenvalue weighted by atomic mass is 32.2. The van der Waals surface area contributed by atoms with Crippen molar-refractivity contribution in [1.29, 1.82) is 0 Å². The molecule has 196 valence electrons. The summed E-state index contributed by atoms with van der Waals surface area (Å²) in [6.07, 6.45) is 0.870. The fraction of sp³-hybridized carbons (Fsp3) is 0.152. The third-order valence-electron chi connectivity index (χ3n) is 6.75. The van der Waals surface area contributed by atoms with Gasteiger partial charge in [0.15, 0.2) is 0 Å². The first-order valence-corrected chi connectivity index (χ1v) is 13.9. The van der Waals surface area contributed by atoms with Crippen molar-refractivity contribution in [3.8, 4) is 11.1 Å². The zero-order valence-electron chi connectivity index (χ0n) is 22.0. The van der Waals surface area contributed by atoms with Crippen LogP contribution >= 0.6 is 11.8 Å². The predicted octanol–water partition coefficient (Wildman–Crippen LogP) is 7.25. The fourth-order valence-corrected chi connectivity index (χ4v) is 5.61. The van der Waals surface area contributed by atoms with E-state index in [4.69, 9.17) is 0 Å². The standard InChI is InChI=1S/C33H31N3O2S/c1-23(2)36(20-24-8-10-25(21-37)11-9-24)33-35-31(22-39-33)28-16-18-30(19-17-28)34-32(38)29-14-12-27(13-15-29)26-6-4-3-5-7-26/h3-19,21-23,33,35H,20H2,1-2H3,(H,34,38). The maximum Gasteiger partial charge on any atom is 0.255 e. The van der Waals surface area contributed by atoms with Gasteiger partial charge in [-0.15, -0.1) is 0 Å². The molecule has 0 saturated heterocycles. The number of hydrogen-bond donors (Lipinski definition) is 2. The average Bonchev–Trinajstić information content (AvgIpc) is 3.47. The summed E-state index contributed by atoms with van der Waals surface area (Å²) in [5.74, 6) is -0.134. The van der Waals surface area contributed by atoms with Crippen molar-refractivity contribution in [1.82, 2.24) is 10.2 Å². The van der Waals surface area contributed by atoms with E-state index in [0.29, 0.717) is 17.2 Å². The smallest absolute Gasteiger partial charge is 0.255 e. The summed E-state index contributed by atoms with van der Waals surface area (Å²) in [6, 6.07) is 33.8. The number of rotatable bonds is 9.